The first-order chi connectivity index (χ1) is 9.30. The molecule has 2 heterocycles. The molecule has 0 radical (unpaired) electrons. The van der Waals surface area contributed by atoms with Gasteiger partial charge in [-0.2, -0.15) is 0 Å². The van der Waals surface area contributed by atoms with Gasteiger partial charge in [0.15, 0.2) is 11.5 Å². The lowest BCUT2D eigenvalue weighted by molar-refractivity contribution is 0.348. The molecule has 0 saturated carbocycles. The molecule has 2 N–H and O–H groups in total. The van der Waals surface area contributed by atoms with Crippen LogP contribution in [0, 0.1) is 0 Å². The lowest BCUT2D eigenvalue weighted by Gasteiger charge is -2.13. The molecule has 2 rings (SSSR count). The Kier molecular flexibility index (Phi) is 4.41. The topological polar surface area (TPSA) is 62.3 Å². The molecule has 0 aromatic carbocycles. The van der Waals surface area contributed by atoms with Crippen molar-refractivity contribution < 1.29 is 9.47 Å². The fourth-order valence-corrected chi connectivity index (χ4v) is 2.10. The van der Waals surface area contributed by atoms with Crippen LogP contribution in [-0.2, 0) is 13.0 Å². The second-order valence-corrected chi connectivity index (χ2v) is 4.16. The van der Waals surface area contributed by atoms with Gasteiger partial charge in [-0.05, 0) is 25.1 Å². The first-order valence-corrected chi connectivity index (χ1v) is 6.20. The fraction of sp³-hybridized carbons (Fsp3) is 0.357. The van der Waals surface area contributed by atoms with Crippen molar-refractivity contribution in [2.24, 2.45) is 5.73 Å². The molecule has 2 aromatic rings. The van der Waals surface area contributed by atoms with Gasteiger partial charge in [0.05, 0.1) is 20.8 Å². The van der Waals surface area contributed by atoms with Gasteiger partial charge < -0.3 is 19.8 Å². The van der Waals surface area contributed by atoms with Gasteiger partial charge in [-0.3, -0.25) is 4.98 Å². The summed E-state index contributed by atoms with van der Waals surface area (Å²) in [6.07, 6.45) is 4.59. The number of pyridine rings is 1. The Labute approximate surface area is 113 Å². The molecular weight excluding hydrogens is 242 g/mol. The van der Waals surface area contributed by atoms with E-state index in [1.54, 1.807) is 26.5 Å². The van der Waals surface area contributed by atoms with E-state index in [1.165, 1.54) is 5.69 Å². The van der Waals surface area contributed by atoms with Crippen LogP contribution in [0.2, 0.25) is 0 Å². The van der Waals surface area contributed by atoms with E-state index in [2.05, 4.69) is 15.6 Å². The molecule has 102 valence electrons. The molecule has 2 aromatic heterocycles. The van der Waals surface area contributed by atoms with E-state index in [9.17, 15) is 0 Å². The highest BCUT2D eigenvalue weighted by Gasteiger charge is 2.12. The normalized spacial score (nSPS) is 10.5. The first kappa shape index (κ1) is 13.4. The van der Waals surface area contributed by atoms with Crippen molar-refractivity contribution >= 4 is 0 Å². The lowest BCUT2D eigenvalue weighted by atomic mass is 10.2. The van der Waals surface area contributed by atoms with Gasteiger partial charge in [-0.25, -0.2) is 0 Å². The zero-order chi connectivity index (χ0) is 13.7. The second kappa shape index (κ2) is 6.24. The summed E-state index contributed by atoms with van der Waals surface area (Å²) in [5, 5.41) is 0. The molecule has 0 aliphatic carbocycles. The van der Waals surface area contributed by atoms with Crippen molar-refractivity contribution in [2.75, 3.05) is 20.8 Å². The third-order valence-electron chi connectivity index (χ3n) is 3.01. The summed E-state index contributed by atoms with van der Waals surface area (Å²) in [4.78, 5) is 4.38. The maximum atomic E-state index is 5.61. The number of hydrogen-bond acceptors (Lipinski definition) is 4. The van der Waals surface area contributed by atoms with Gasteiger partial charge in [0.2, 0.25) is 0 Å². The molecule has 0 aliphatic heterocycles. The highest BCUT2D eigenvalue weighted by atomic mass is 16.5. The van der Waals surface area contributed by atoms with E-state index >= 15 is 0 Å². The Balaban J connectivity index is 2.30. The molecule has 0 spiro atoms. The zero-order valence-electron chi connectivity index (χ0n) is 11.3. The third kappa shape index (κ3) is 2.88. The number of nitrogens with zero attached hydrogens (tertiary/aromatic N) is 2. The zero-order valence-corrected chi connectivity index (χ0v) is 11.3. The van der Waals surface area contributed by atoms with E-state index < -0.39 is 0 Å². The van der Waals surface area contributed by atoms with Crippen LogP contribution in [-0.4, -0.2) is 30.3 Å². The van der Waals surface area contributed by atoms with Crippen molar-refractivity contribution in [3.05, 3.63) is 42.0 Å². The first-order valence-electron chi connectivity index (χ1n) is 6.20. The number of rotatable bonds is 6. The predicted octanol–water partition coefficient (Wildman–Crippen LogP) is 1.45. The molecule has 0 aliphatic rings. The van der Waals surface area contributed by atoms with Crippen molar-refractivity contribution in [3.63, 3.8) is 0 Å². The Morgan fingerprint density at radius 1 is 1.26 bits per heavy atom. The smallest absolute Gasteiger partial charge is 0.184 e. The number of methoxy groups -OCH3 is 2. The number of ether oxygens (including phenoxy) is 2. The van der Waals surface area contributed by atoms with E-state index in [4.69, 9.17) is 15.2 Å². The quantitative estimate of drug-likeness (QED) is 0.855. The molecule has 5 heteroatoms. The summed E-state index contributed by atoms with van der Waals surface area (Å²) in [5.41, 5.74) is 7.64. The molecule has 0 bridgehead atoms. The average Bonchev–Trinajstić information content (AvgIpc) is 2.86. The minimum atomic E-state index is 0.632. The Bertz CT molecular complexity index is 537. The molecule has 0 atom stereocenters. The Morgan fingerprint density at radius 3 is 2.79 bits per heavy atom. The predicted molar refractivity (Wildman–Crippen MR) is 73.6 cm³/mol. The van der Waals surface area contributed by atoms with Crippen LogP contribution in [0.25, 0.3) is 0 Å². The molecule has 0 saturated heterocycles. The standard InChI is InChI=1S/C14H19N3O2/c1-18-13-6-8-16-12(14(13)19-2)10-17-9-3-4-11(17)5-7-15/h3-4,6,8-9H,5,7,10,15H2,1-2H3. The van der Waals surface area contributed by atoms with Crippen molar-refractivity contribution in [1.29, 1.82) is 0 Å². The highest BCUT2D eigenvalue weighted by Crippen LogP contribution is 2.29. The summed E-state index contributed by atoms with van der Waals surface area (Å²) in [7, 11) is 3.25. The number of aromatic nitrogens is 2. The molecular formula is C14H19N3O2. The van der Waals surface area contributed by atoms with E-state index in [-0.39, 0.29) is 0 Å². The van der Waals surface area contributed by atoms with Gasteiger partial charge in [-0.15, -0.1) is 0 Å². The van der Waals surface area contributed by atoms with Crippen molar-refractivity contribution in [3.8, 4) is 11.5 Å². The highest BCUT2D eigenvalue weighted by molar-refractivity contribution is 5.42. The van der Waals surface area contributed by atoms with Crippen LogP contribution in [0.3, 0.4) is 0 Å². The Hall–Kier alpha value is -2.01. The summed E-state index contributed by atoms with van der Waals surface area (Å²) in [5.74, 6) is 1.37. The van der Waals surface area contributed by atoms with Crippen molar-refractivity contribution in [2.45, 2.75) is 13.0 Å². The van der Waals surface area contributed by atoms with Crippen LogP contribution in [0.15, 0.2) is 30.6 Å². The van der Waals surface area contributed by atoms with Gasteiger partial charge in [0, 0.05) is 24.2 Å². The molecule has 0 fully saturated rings. The third-order valence-corrected chi connectivity index (χ3v) is 3.01. The maximum Gasteiger partial charge on any atom is 0.184 e. The summed E-state index contributed by atoms with van der Waals surface area (Å²) >= 11 is 0. The molecule has 5 nitrogen and oxygen atoms in total. The summed E-state index contributed by atoms with van der Waals surface area (Å²) < 4.78 is 12.8. The van der Waals surface area contributed by atoms with E-state index in [0.29, 0.717) is 24.6 Å². The fourth-order valence-electron chi connectivity index (χ4n) is 2.10. The summed E-state index contributed by atoms with van der Waals surface area (Å²) in [6.45, 7) is 1.27. The summed E-state index contributed by atoms with van der Waals surface area (Å²) in [6, 6.07) is 5.87. The van der Waals surface area contributed by atoms with E-state index in [1.807, 2.05) is 12.3 Å². The van der Waals surface area contributed by atoms with Gasteiger partial charge >= 0.3 is 0 Å². The minimum Gasteiger partial charge on any atom is -0.493 e. The Morgan fingerprint density at radius 2 is 2.11 bits per heavy atom. The van der Waals surface area contributed by atoms with Crippen LogP contribution < -0.4 is 15.2 Å². The SMILES string of the molecule is COc1ccnc(Cn2cccc2CCN)c1OC. The number of nitrogens with two attached hydrogens (primary N) is 1. The van der Waals surface area contributed by atoms with Crippen molar-refractivity contribution in [1.82, 2.24) is 9.55 Å². The number of hydrogen-bond donors (Lipinski definition) is 1. The molecule has 0 unspecified atom stereocenters. The lowest BCUT2D eigenvalue weighted by Crippen LogP contribution is -2.10. The second-order valence-electron chi connectivity index (χ2n) is 4.16. The van der Waals surface area contributed by atoms with Crippen LogP contribution >= 0.6 is 0 Å². The van der Waals surface area contributed by atoms with Crippen LogP contribution in [0.1, 0.15) is 11.4 Å². The van der Waals surface area contributed by atoms with Crippen LogP contribution in [0.5, 0.6) is 11.5 Å². The van der Waals surface area contributed by atoms with E-state index in [0.717, 1.165) is 12.1 Å². The minimum absolute atomic E-state index is 0.632. The van der Waals surface area contributed by atoms with Gasteiger partial charge in [0.1, 0.15) is 5.69 Å². The molecule has 19 heavy (non-hydrogen) atoms. The van der Waals surface area contributed by atoms with Gasteiger partial charge in [0.25, 0.3) is 0 Å². The average molecular weight is 261 g/mol. The molecule has 0 amide bonds. The maximum absolute atomic E-state index is 5.61. The van der Waals surface area contributed by atoms with Crippen LogP contribution in [0.4, 0.5) is 0 Å². The largest absolute Gasteiger partial charge is 0.493 e. The van der Waals surface area contributed by atoms with Gasteiger partial charge in [-0.1, -0.05) is 0 Å². The monoisotopic (exact) mass is 261 g/mol.